The van der Waals surface area contributed by atoms with E-state index in [1.54, 1.807) is 12.1 Å². The highest BCUT2D eigenvalue weighted by molar-refractivity contribution is 7.92. The molecule has 1 saturated carbocycles. The Hall–Kier alpha value is -2.34. The predicted octanol–water partition coefficient (Wildman–Crippen LogP) is 3.58. The topological polar surface area (TPSA) is 75.3 Å². The standard InChI is InChI=1S/C21H26N2O3S/c1-27(25,26)23-19-12-10-18(11-13-19)21(14-6-3-7-15-21)20(24)22-16-17-8-4-2-5-9-17/h2,4-5,8-13,23H,3,6-7,14-16H2,1H3,(H,22,24). The van der Waals surface area contributed by atoms with Crippen LogP contribution in [0.5, 0.6) is 0 Å². The molecule has 0 aromatic heterocycles. The van der Waals surface area contributed by atoms with Gasteiger partial charge in [-0.15, -0.1) is 0 Å². The molecule has 5 nitrogen and oxygen atoms in total. The summed E-state index contributed by atoms with van der Waals surface area (Å²) in [5.41, 5.74) is 1.99. The van der Waals surface area contributed by atoms with E-state index in [-0.39, 0.29) is 5.91 Å². The summed E-state index contributed by atoms with van der Waals surface area (Å²) in [5, 5.41) is 3.11. The lowest BCUT2D eigenvalue weighted by Gasteiger charge is -2.36. The SMILES string of the molecule is CS(=O)(=O)Nc1ccc(C2(C(=O)NCc3ccccc3)CCCCC2)cc1. The number of sulfonamides is 1. The summed E-state index contributed by atoms with van der Waals surface area (Å²) in [6.45, 7) is 0.509. The minimum absolute atomic E-state index is 0.0508. The van der Waals surface area contributed by atoms with Crippen molar-refractivity contribution < 1.29 is 13.2 Å². The first-order chi connectivity index (χ1) is 12.9. The van der Waals surface area contributed by atoms with Crippen LogP contribution in [0.1, 0.15) is 43.2 Å². The Morgan fingerprint density at radius 1 is 0.963 bits per heavy atom. The Labute approximate surface area is 161 Å². The quantitative estimate of drug-likeness (QED) is 0.797. The van der Waals surface area contributed by atoms with Crippen LogP contribution in [0.15, 0.2) is 54.6 Å². The van der Waals surface area contributed by atoms with Crippen molar-refractivity contribution in [1.82, 2.24) is 5.32 Å². The van der Waals surface area contributed by atoms with Crippen LogP contribution in [0.25, 0.3) is 0 Å². The average Bonchev–Trinajstić information content (AvgIpc) is 2.67. The van der Waals surface area contributed by atoms with Gasteiger partial charge in [-0.25, -0.2) is 8.42 Å². The molecule has 0 unspecified atom stereocenters. The predicted molar refractivity (Wildman–Crippen MR) is 108 cm³/mol. The second-order valence-corrected chi connectivity index (χ2v) is 9.01. The molecule has 144 valence electrons. The van der Waals surface area contributed by atoms with E-state index in [2.05, 4.69) is 10.0 Å². The Balaban J connectivity index is 1.80. The number of carbonyl (C=O) groups is 1. The molecule has 2 aromatic carbocycles. The molecule has 3 rings (SSSR count). The molecule has 0 heterocycles. The highest BCUT2D eigenvalue weighted by Gasteiger charge is 2.40. The van der Waals surface area contributed by atoms with Crippen molar-refractivity contribution in [2.24, 2.45) is 0 Å². The van der Waals surface area contributed by atoms with Crippen LogP contribution in [0.2, 0.25) is 0 Å². The van der Waals surface area contributed by atoms with E-state index in [9.17, 15) is 13.2 Å². The van der Waals surface area contributed by atoms with Gasteiger partial charge in [0, 0.05) is 12.2 Å². The van der Waals surface area contributed by atoms with Gasteiger partial charge >= 0.3 is 0 Å². The highest BCUT2D eigenvalue weighted by atomic mass is 32.2. The van der Waals surface area contributed by atoms with Crippen LogP contribution in [0.3, 0.4) is 0 Å². The average molecular weight is 387 g/mol. The minimum atomic E-state index is -3.31. The molecule has 0 atom stereocenters. The maximum atomic E-state index is 13.2. The zero-order valence-electron chi connectivity index (χ0n) is 15.6. The van der Waals surface area contributed by atoms with Crippen LogP contribution < -0.4 is 10.0 Å². The lowest BCUT2D eigenvalue weighted by atomic mass is 9.68. The molecule has 0 saturated heterocycles. The summed E-state index contributed by atoms with van der Waals surface area (Å²) in [4.78, 5) is 13.2. The Morgan fingerprint density at radius 2 is 1.59 bits per heavy atom. The zero-order valence-corrected chi connectivity index (χ0v) is 16.4. The van der Waals surface area contributed by atoms with Crippen molar-refractivity contribution in [2.75, 3.05) is 11.0 Å². The van der Waals surface area contributed by atoms with Gasteiger partial charge in [-0.3, -0.25) is 9.52 Å². The van der Waals surface area contributed by atoms with Gasteiger partial charge in [0.25, 0.3) is 0 Å². The van der Waals surface area contributed by atoms with Crippen LogP contribution in [-0.2, 0) is 26.8 Å². The fourth-order valence-electron chi connectivity index (χ4n) is 3.82. The van der Waals surface area contributed by atoms with Crippen molar-refractivity contribution in [1.29, 1.82) is 0 Å². The van der Waals surface area contributed by atoms with Gasteiger partial charge in [-0.05, 0) is 36.1 Å². The number of anilines is 1. The molecule has 2 aromatic rings. The Bertz CT molecular complexity index is 871. The summed E-state index contributed by atoms with van der Waals surface area (Å²) in [5.74, 6) is 0.0508. The molecule has 2 N–H and O–H groups in total. The van der Waals surface area contributed by atoms with Gasteiger partial charge in [-0.2, -0.15) is 0 Å². The molecular weight excluding hydrogens is 360 g/mol. The number of amides is 1. The first-order valence-corrected chi connectivity index (χ1v) is 11.2. The second kappa shape index (κ2) is 8.13. The molecule has 0 bridgehead atoms. The van der Waals surface area contributed by atoms with E-state index in [0.29, 0.717) is 12.2 Å². The fourth-order valence-corrected chi connectivity index (χ4v) is 4.39. The number of rotatable bonds is 6. The van der Waals surface area contributed by atoms with Gasteiger partial charge in [0.2, 0.25) is 15.9 Å². The van der Waals surface area contributed by atoms with Crippen molar-refractivity contribution >= 4 is 21.6 Å². The fraction of sp³-hybridized carbons (Fsp3) is 0.381. The van der Waals surface area contributed by atoms with Gasteiger partial charge in [-0.1, -0.05) is 61.7 Å². The zero-order chi connectivity index (χ0) is 19.3. The summed E-state index contributed by atoms with van der Waals surface area (Å²) in [6, 6.07) is 17.1. The molecule has 0 aliphatic heterocycles. The smallest absolute Gasteiger partial charge is 0.230 e. The third kappa shape index (κ3) is 4.89. The monoisotopic (exact) mass is 386 g/mol. The molecule has 1 aliphatic rings. The Kier molecular flexibility index (Phi) is 5.85. The number of hydrogen-bond acceptors (Lipinski definition) is 3. The van der Waals surface area contributed by atoms with Crippen LogP contribution in [-0.4, -0.2) is 20.6 Å². The van der Waals surface area contributed by atoms with E-state index in [0.717, 1.165) is 49.5 Å². The normalized spacial score (nSPS) is 16.5. The number of benzene rings is 2. The highest BCUT2D eigenvalue weighted by Crippen LogP contribution is 2.40. The molecular formula is C21H26N2O3S. The summed E-state index contributed by atoms with van der Waals surface area (Å²) in [7, 11) is -3.31. The summed E-state index contributed by atoms with van der Waals surface area (Å²) < 4.78 is 25.3. The second-order valence-electron chi connectivity index (χ2n) is 7.26. The maximum absolute atomic E-state index is 13.2. The maximum Gasteiger partial charge on any atom is 0.230 e. The van der Waals surface area contributed by atoms with Crippen molar-refractivity contribution in [2.45, 2.75) is 44.1 Å². The largest absolute Gasteiger partial charge is 0.351 e. The number of carbonyl (C=O) groups excluding carboxylic acids is 1. The van der Waals surface area contributed by atoms with Gasteiger partial charge in [0.15, 0.2) is 0 Å². The number of nitrogens with one attached hydrogen (secondary N) is 2. The molecule has 1 amide bonds. The number of hydrogen-bond donors (Lipinski definition) is 2. The van der Waals surface area contributed by atoms with Crippen LogP contribution >= 0.6 is 0 Å². The molecule has 1 aliphatic carbocycles. The molecule has 0 radical (unpaired) electrons. The molecule has 27 heavy (non-hydrogen) atoms. The Morgan fingerprint density at radius 3 is 2.19 bits per heavy atom. The molecule has 6 heteroatoms. The lowest BCUT2D eigenvalue weighted by Crippen LogP contribution is -2.45. The third-order valence-electron chi connectivity index (χ3n) is 5.18. The first kappa shape index (κ1) is 19.4. The van der Waals surface area contributed by atoms with Gasteiger partial charge in [0.05, 0.1) is 11.7 Å². The van der Waals surface area contributed by atoms with E-state index < -0.39 is 15.4 Å². The van der Waals surface area contributed by atoms with Crippen molar-refractivity contribution in [3.8, 4) is 0 Å². The minimum Gasteiger partial charge on any atom is -0.351 e. The first-order valence-electron chi connectivity index (χ1n) is 9.30. The van der Waals surface area contributed by atoms with Gasteiger partial charge in [0.1, 0.15) is 0 Å². The molecule has 1 fully saturated rings. The van der Waals surface area contributed by atoms with Crippen molar-refractivity contribution in [3.63, 3.8) is 0 Å². The molecule has 0 spiro atoms. The van der Waals surface area contributed by atoms with E-state index in [4.69, 9.17) is 0 Å². The van der Waals surface area contributed by atoms with E-state index >= 15 is 0 Å². The third-order valence-corrected chi connectivity index (χ3v) is 5.78. The van der Waals surface area contributed by atoms with E-state index in [1.165, 1.54) is 0 Å². The lowest BCUT2D eigenvalue weighted by molar-refractivity contribution is -0.128. The summed E-state index contributed by atoms with van der Waals surface area (Å²) in [6.07, 6.45) is 5.92. The van der Waals surface area contributed by atoms with Crippen LogP contribution in [0.4, 0.5) is 5.69 Å². The summed E-state index contributed by atoms with van der Waals surface area (Å²) >= 11 is 0. The van der Waals surface area contributed by atoms with Gasteiger partial charge < -0.3 is 5.32 Å². The van der Waals surface area contributed by atoms with Crippen molar-refractivity contribution in [3.05, 3.63) is 65.7 Å². The van der Waals surface area contributed by atoms with Crippen LogP contribution in [0, 0.1) is 0 Å². The van der Waals surface area contributed by atoms with E-state index in [1.807, 2.05) is 42.5 Å².